The number of pyridine rings is 1. The van der Waals surface area contributed by atoms with E-state index in [1.54, 1.807) is 0 Å². The number of esters is 1. The van der Waals surface area contributed by atoms with Crippen molar-refractivity contribution >= 4 is 36.8 Å². The summed E-state index contributed by atoms with van der Waals surface area (Å²) in [5, 5.41) is 2.59. The van der Waals surface area contributed by atoms with Crippen LogP contribution in [0.2, 0.25) is 4.71 Å². The van der Waals surface area contributed by atoms with Crippen LogP contribution in [0.4, 0.5) is 0 Å². The molecule has 6 heteroatoms. The summed E-state index contributed by atoms with van der Waals surface area (Å²) in [6, 6.07) is 15.0. The summed E-state index contributed by atoms with van der Waals surface area (Å²) in [6.45, 7) is 10.7. The summed E-state index contributed by atoms with van der Waals surface area (Å²) < 4.78 is 13.4. The number of fused-ring (bicyclic) bond motifs is 1. The van der Waals surface area contributed by atoms with E-state index in [0.29, 0.717) is 0 Å². The van der Waals surface area contributed by atoms with Crippen molar-refractivity contribution in [3.63, 3.8) is 0 Å². The summed E-state index contributed by atoms with van der Waals surface area (Å²) in [7, 11) is 0. The molecule has 0 saturated carbocycles. The van der Waals surface area contributed by atoms with E-state index in [9.17, 15) is 4.79 Å². The molecule has 1 radical (unpaired) electrons. The predicted molar refractivity (Wildman–Crippen MR) is 133 cm³/mol. The molecular formula is C27H32AsN2O3. The Kier molecular flexibility index (Phi) is 7.41. The van der Waals surface area contributed by atoms with Crippen molar-refractivity contribution in [2.45, 2.75) is 51.0 Å². The van der Waals surface area contributed by atoms with Gasteiger partial charge in [0, 0.05) is 0 Å². The number of carbonyl (C=O) groups excluding carboxylic acids is 1. The van der Waals surface area contributed by atoms with Crippen molar-refractivity contribution in [1.29, 1.82) is 0 Å². The summed E-state index contributed by atoms with van der Waals surface area (Å²) in [6.07, 6.45) is 5.10. The van der Waals surface area contributed by atoms with Gasteiger partial charge >= 0.3 is 183 Å². The second-order valence-corrected chi connectivity index (χ2v) is 12.7. The number of hydrogen-bond acceptors (Lipinski definition) is 5. The third-order valence-electron chi connectivity index (χ3n) is 5.65. The summed E-state index contributed by atoms with van der Waals surface area (Å²) in [4.78, 5) is 18.8. The molecule has 1 aromatic heterocycles. The van der Waals surface area contributed by atoms with Gasteiger partial charge in [0.2, 0.25) is 0 Å². The molecule has 4 rings (SSSR count). The molecule has 0 aliphatic carbocycles. The molecule has 0 N–H and O–H groups in total. The SMILES string of the molecule is Cc1ccc(CN2CCC([As]c3cccc4cnccc34)C2)cc1OCC(=O)OC(C)(C)C. The van der Waals surface area contributed by atoms with Crippen molar-refractivity contribution in [2.24, 2.45) is 0 Å². The van der Waals surface area contributed by atoms with Gasteiger partial charge in [-0.05, 0) is 20.8 Å². The summed E-state index contributed by atoms with van der Waals surface area (Å²) in [5.41, 5.74) is 1.74. The van der Waals surface area contributed by atoms with E-state index < -0.39 is 5.60 Å². The Bertz CT molecular complexity index is 1120. The molecule has 1 saturated heterocycles. The minimum atomic E-state index is -0.505. The van der Waals surface area contributed by atoms with Gasteiger partial charge in [0.05, 0.1) is 0 Å². The van der Waals surface area contributed by atoms with Crippen LogP contribution < -0.4 is 9.09 Å². The first-order valence-corrected chi connectivity index (χ1v) is 13.5. The van der Waals surface area contributed by atoms with Gasteiger partial charge in [-0.15, -0.1) is 0 Å². The zero-order chi connectivity index (χ0) is 23.4. The maximum atomic E-state index is 12.0. The molecule has 5 nitrogen and oxygen atoms in total. The smallest absolute Gasteiger partial charge is 0.0253 e. The number of aromatic nitrogens is 1. The zero-order valence-corrected chi connectivity index (χ0v) is 21.8. The summed E-state index contributed by atoms with van der Waals surface area (Å²) in [5.74, 6) is 0.409. The molecule has 1 atom stereocenters. The zero-order valence-electron chi connectivity index (χ0n) is 19.9. The Morgan fingerprint density at radius 3 is 2.88 bits per heavy atom. The average Bonchev–Trinajstić information content (AvgIpc) is 3.20. The van der Waals surface area contributed by atoms with E-state index >= 15 is 0 Å². The van der Waals surface area contributed by atoms with Crippen LogP contribution in [0, 0.1) is 6.92 Å². The number of rotatable bonds is 7. The van der Waals surface area contributed by atoms with Gasteiger partial charge in [0.1, 0.15) is 0 Å². The first-order valence-electron chi connectivity index (χ1n) is 11.5. The van der Waals surface area contributed by atoms with E-state index in [1.807, 2.05) is 40.1 Å². The number of carbonyl (C=O) groups is 1. The van der Waals surface area contributed by atoms with Crippen molar-refractivity contribution in [2.75, 3.05) is 19.7 Å². The van der Waals surface area contributed by atoms with Crippen molar-refractivity contribution in [1.82, 2.24) is 9.88 Å². The van der Waals surface area contributed by atoms with E-state index in [4.69, 9.17) is 9.47 Å². The van der Waals surface area contributed by atoms with Gasteiger partial charge in [-0.1, -0.05) is 0 Å². The van der Waals surface area contributed by atoms with Gasteiger partial charge < -0.3 is 0 Å². The molecule has 0 spiro atoms. The Labute approximate surface area is 203 Å². The number of ether oxygens (including phenoxy) is 2. The van der Waals surface area contributed by atoms with Crippen molar-refractivity contribution in [3.8, 4) is 5.75 Å². The van der Waals surface area contributed by atoms with Gasteiger partial charge in [0.25, 0.3) is 0 Å². The van der Waals surface area contributed by atoms with Gasteiger partial charge in [-0.3, -0.25) is 0 Å². The summed E-state index contributed by atoms with van der Waals surface area (Å²) >= 11 is 0.106. The van der Waals surface area contributed by atoms with Crippen LogP contribution in [0.5, 0.6) is 5.75 Å². The molecule has 33 heavy (non-hydrogen) atoms. The van der Waals surface area contributed by atoms with Crippen LogP contribution in [-0.4, -0.2) is 56.9 Å². The first kappa shape index (κ1) is 23.8. The topological polar surface area (TPSA) is 51.7 Å². The standard InChI is InChI=1S/C27H32AsN2O3/c1-19-8-9-20(14-25(19)32-18-26(31)33-27(2,3)4)16-30-13-11-22(17-30)28-24-7-5-6-21-15-29-12-10-23(21)24/h5-10,12,14-15,22H,11,13,16-18H2,1-4H3. The van der Waals surface area contributed by atoms with Gasteiger partial charge in [-0.2, -0.15) is 0 Å². The first-order chi connectivity index (χ1) is 15.8. The molecule has 0 amide bonds. The normalized spacial score (nSPS) is 17.2. The quantitative estimate of drug-likeness (QED) is 0.353. The molecule has 1 aliphatic rings. The van der Waals surface area contributed by atoms with Crippen LogP contribution in [0.25, 0.3) is 10.8 Å². The average molecular weight is 507 g/mol. The minimum absolute atomic E-state index is 0.0717. The molecule has 1 aliphatic heterocycles. The van der Waals surface area contributed by atoms with Crippen LogP contribution in [0.15, 0.2) is 54.9 Å². The Balaban J connectivity index is 1.34. The van der Waals surface area contributed by atoms with Crippen LogP contribution in [0.1, 0.15) is 38.3 Å². The number of nitrogens with zero attached hydrogens (tertiary/aromatic N) is 2. The van der Waals surface area contributed by atoms with E-state index in [1.165, 1.54) is 27.1 Å². The third kappa shape index (κ3) is 6.58. The molecule has 173 valence electrons. The van der Waals surface area contributed by atoms with Crippen LogP contribution in [-0.2, 0) is 16.1 Å². The Morgan fingerprint density at radius 1 is 1.21 bits per heavy atom. The van der Waals surface area contributed by atoms with Crippen LogP contribution in [0.3, 0.4) is 0 Å². The van der Waals surface area contributed by atoms with E-state index in [-0.39, 0.29) is 28.3 Å². The number of hydrogen-bond donors (Lipinski definition) is 0. The number of likely N-dealkylation sites (tertiary alicyclic amines) is 1. The Morgan fingerprint density at radius 2 is 2.06 bits per heavy atom. The number of benzene rings is 2. The monoisotopic (exact) mass is 507 g/mol. The second-order valence-electron chi connectivity index (χ2n) is 9.66. The molecular weight excluding hydrogens is 475 g/mol. The molecule has 3 aromatic rings. The molecule has 1 fully saturated rings. The van der Waals surface area contributed by atoms with Crippen molar-refractivity contribution < 1.29 is 14.3 Å². The molecule has 2 aromatic carbocycles. The van der Waals surface area contributed by atoms with Crippen molar-refractivity contribution in [3.05, 3.63) is 66.0 Å². The second kappa shape index (κ2) is 10.3. The molecule has 2 heterocycles. The van der Waals surface area contributed by atoms with Crippen LogP contribution >= 0.6 is 0 Å². The third-order valence-corrected chi connectivity index (χ3v) is 8.70. The maximum absolute atomic E-state index is 12.0. The van der Waals surface area contributed by atoms with E-state index in [0.717, 1.165) is 35.7 Å². The Hall–Kier alpha value is -2.36. The molecule has 0 bridgehead atoms. The fourth-order valence-electron chi connectivity index (χ4n) is 4.14. The fraction of sp³-hybridized carbons (Fsp3) is 0.407. The number of aryl methyl sites for hydroxylation is 1. The minimum Gasteiger partial charge on any atom is -0.0253 e. The predicted octanol–water partition coefficient (Wildman–Crippen LogP) is 4.29. The van der Waals surface area contributed by atoms with Gasteiger partial charge in [0.15, 0.2) is 0 Å². The fourth-order valence-corrected chi connectivity index (χ4v) is 7.21. The molecule has 1 unspecified atom stereocenters. The van der Waals surface area contributed by atoms with Gasteiger partial charge in [-0.25, -0.2) is 0 Å². The van der Waals surface area contributed by atoms with E-state index in [2.05, 4.69) is 52.3 Å².